The second kappa shape index (κ2) is 4.51. The number of imidazole rings is 1. The minimum absolute atomic E-state index is 0.115. The zero-order valence-electron chi connectivity index (χ0n) is 10.4. The summed E-state index contributed by atoms with van der Waals surface area (Å²) < 4.78 is 1.93. The van der Waals surface area contributed by atoms with E-state index in [2.05, 4.69) is 27.1 Å². The molecule has 0 amide bonds. The molecule has 0 saturated heterocycles. The molecule has 1 aliphatic rings. The molecule has 2 aromatic heterocycles. The monoisotopic (exact) mass is 260 g/mol. The van der Waals surface area contributed by atoms with Crippen LogP contribution in [-0.2, 0) is 0 Å². The predicted molar refractivity (Wildman–Crippen MR) is 72.1 cm³/mol. The average molecular weight is 260 g/mol. The topological polar surface area (TPSA) is 116 Å². The van der Waals surface area contributed by atoms with Crippen molar-refractivity contribution in [3.8, 4) is 0 Å². The highest BCUT2D eigenvalue weighted by Crippen LogP contribution is 2.30. The average Bonchev–Trinajstić information content (AvgIpc) is 2.82. The van der Waals surface area contributed by atoms with Gasteiger partial charge in [0.25, 0.3) is 0 Å². The fourth-order valence-corrected chi connectivity index (χ4v) is 2.50. The molecule has 0 aliphatic heterocycles. The number of rotatable bonds is 2. The van der Waals surface area contributed by atoms with E-state index in [1.165, 1.54) is 0 Å². The summed E-state index contributed by atoms with van der Waals surface area (Å²) in [7, 11) is 0. The number of nitrogen functional groups attached to an aromatic ring is 2. The molecule has 0 spiro atoms. The summed E-state index contributed by atoms with van der Waals surface area (Å²) in [4.78, 5) is 12.4. The Kier molecular flexibility index (Phi) is 2.83. The lowest BCUT2D eigenvalue weighted by Gasteiger charge is -2.24. The van der Waals surface area contributed by atoms with Crippen LogP contribution in [0.25, 0.3) is 11.2 Å². The Bertz CT molecular complexity index is 634. The highest BCUT2D eigenvalue weighted by molar-refractivity contribution is 5.82. The summed E-state index contributed by atoms with van der Waals surface area (Å²) in [6.07, 6.45) is 7.63. The highest BCUT2D eigenvalue weighted by Gasteiger charge is 2.21. The molecule has 0 unspecified atom stereocenters. The summed E-state index contributed by atoms with van der Waals surface area (Å²) in [6.45, 7) is 0.187. The molecule has 0 aromatic carbocycles. The number of aliphatic hydroxyl groups excluding tert-OH is 1. The van der Waals surface area contributed by atoms with Crippen molar-refractivity contribution in [3.63, 3.8) is 0 Å². The van der Waals surface area contributed by atoms with E-state index in [-0.39, 0.29) is 24.5 Å². The summed E-state index contributed by atoms with van der Waals surface area (Å²) >= 11 is 0. The maximum Gasteiger partial charge on any atom is 0.224 e. The van der Waals surface area contributed by atoms with Gasteiger partial charge in [-0.25, -0.2) is 4.98 Å². The number of allylic oxidation sites excluding steroid dienone is 2. The highest BCUT2D eigenvalue weighted by atomic mass is 16.3. The molecule has 2 atom stereocenters. The van der Waals surface area contributed by atoms with Crippen molar-refractivity contribution >= 4 is 22.9 Å². The Balaban J connectivity index is 2.06. The first kappa shape index (κ1) is 11.9. The molecule has 2 heterocycles. The Morgan fingerprint density at radius 1 is 1.37 bits per heavy atom. The number of nitrogens with zero attached hydrogens (tertiary/aromatic N) is 4. The number of anilines is 2. The van der Waals surface area contributed by atoms with Crippen LogP contribution in [0.1, 0.15) is 18.9 Å². The van der Waals surface area contributed by atoms with E-state index in [9.17, 15) is 5.11 Å². The van der Waals surface area contributed by atoms with Crippen LogP contribution in [0, 0.1) is 5.92 Å². The third-order valence-electron chi connectivity index (χ3n) is 3.48. The third-order valence-corrected chi connectivity index (χ3v) is 3.48. The molecule has 1 aliphatic carbocycles. The van der Waals surface area contributed by atoms with E-state index in [1.807, 2.05) is 4.57 Å². The van der Waals surface area contributed by atoms with Crippen molar-refractivity contribution < 1.29 is 5.11 Å². The van der Waals surface area contributed by atoms with Crippen LogP contribution in [0.15, 0.2) is 18.5 Å². The van der Waals surface area contributed by atoms with Crippen LogP contribution >= 0.6 is 0 Å². The number of fused-ring (bicyclic) bond motifs is 1. The lowest BCUT2D eigenvalue weighted by atomic mass is 9.91. The van der Waals surface area contributed by atoms with Crippen molar-refractivity contribution in [2.45, 2.75) is 18.9 Å². The maximum absolute atomic E-state index is 9.28. The summed E-state index contributed by atoms with van der Waals surface area (Å²) in [5.74, 6) is 0.703. The van der Waals surface area contributed by atoms with Crippen molar-refractivity contribution in [3.05, 3.63) is 18.5 Å². The second-order valence-corrected chi connectivity index (χ2v) is 4.81. The van der Waals surface area contributed by atoms with Gasteiger partial charge in [-0.15, -0.1) is 0 Å². The smallest absolute Gasteiger partial charge is 0.224 e. The minimum Gasteiger partial charge on any atom is -0.396 e. The molecule has 100 valence electrons. The first-order valence-corrected chi connectivity index (χ1v) is 6.22. The Labute approximate surface area is 110 Å². The van der Waals surface area contributed by atoms with Gasteiger partial charge in [-0.3, -0.25) is 0 Å². The zero-order valence-corrected chi connectivity index (χ0v) is 10.4. The Morgan fingerprint density at radius 3 is 3.00 bits per heavy atom. The number of hydrogen-bond acceptors (Lipinski definition) is 6. The first-order chi connectivity index (χ1) is 9.19. The van der Waals surface area contributed by atoms with Crippen molar-refractivity contribution in [2.75, 3.05) is 18.1 Å². The quantitative estimate of drug-likeness (QED) is 0.677. The Morgan fingerprint density at radius 2 is 2.21 bits per heavy atom. The molecular formula is C12H16N6O. The van der Waals surface area contributed by atoms with Crippen molar-refractivity contribution in [1.82, 2.24) is 19.5 Å². The maximum atomic E-state index is 9.28. The Hall–Kier alpha value is -2.15. The lowest BCUT2D eigenvalue weighted by Crippen LogP contribution is -2.18. The minimum atomic E-state index is 0.115. The standard InChI is InChI=1S/C12H16N6O/c13-10-9-11(17-12(14)16-10)18(6-15-9)8-3-1-2-7(4-8)5-19/h1,3,6-8,19H,2,4-5H2,(H4,13,14,16,17)/t7-,8-/m1/s1. The summed E-state index contributed by atoms with van der Waals surface area (Å²) in [5, 5.41) is 9.28. The van der Waals surface area contributed by atoms with E-state index < -0.39 is 0 Å². The molecule has 5 N–H and O–H groups in total. The molecule has 0 fully saturated rings. The number of aliphatic hydroxyl groups is 1. The van der Waals surface area contributed by atoms with Gasteiger partial charge >= 0.3 is 0 Å². The molecule has 7 nitrogen and oxygen atoms in total. The number of hydrogen-bond donors (Lipinski definition) is 3. The van der Waals surface area contributed by atoms with Gasteiger partial charge in [0.15, 0.2) is 11.5 Å². The van der Waals surface area contributed by atoms with E-state index in [1.54, 1.807) is 6.33 Å². The molecular weight excluding hydrogens is 244 g/mol. The van der Waals surface area contributed by atoms with Gasteiger partial charge in [-0.2, -0.15) is 9.97 Å². The molecule has 0 saturated carbocycles. The van der Waals surface area contributed by atoms with Gasteiger partial charge in [0.1, 0.15) is 5.52 Å². The van der Waals surface area contributed by atoms with Crippen molar-refractivity contribution in [1.29, 1.82) is 0 Å². The predicted octanol–water partition coefficient (Wildman–Crippen LogP) is 0.490. The van der Waals surface area contributed by atoms with E-state index >= 15 is 0 Å². The van der Waals surface area contributed by atoms with Crippen LogP contribution in [0.3, 0.4) is 0 Å². The van der Waals surface area contributed by atoms with Gasteiger partial charge in [0.05, 0.1) is 12.4 Å². The van der Waals surface area contributed by atoms with Crippen LogP contribution in [0.5, 0.6) is 0 Å². The normalized spacial score (nSPS) is 23.0. The largest absolute Gasteiger partial charge is 0.396 e. The first-order valence-electron chi connectivity index (χ1n) is 6.22. The molecule has 0 bridgehead atoms. The van der Waals surface area contributed by atoms with Crippen LogP contribution < -0.4 is 11.5 Å². The fraction of sp³-hybridized carbons (Fsp3) is 0.417. The van der Waals surface area contributed by atoms with E-state index in [4.69, 9.17) is 11.5 Å². The van der Waals surface area contributed by atoms with E-state index in [0.29, 0.717) is 17.0 Å². The second-order valence-electron chi connectivity index (χ2n) is 4.81. The number of nitrogens with two attached hydrogens (primary N) is 2. The summed E-state index contributed by atoms with van der Waals surface area (Å²) in [5.41, 5.74) is 12.6. The van der Waals surface area contributed by atoms with Gasteiger partial charge in [0.2, 0.25) is 5.95 Å². The molecule has 7 heteroatoms. The van der Waals surface area contributed by atoms with Gasteiger partial charge in [-0.1, -0.05) is 12.2 Å². The van der Waals surface area contributed by atoms with Crippen LogP contribution in [0.2, 0.25) is 0 Å². The van der Waals surface area contributed by atoms with Crippen LogP contribution in [-0.4, -0.2) is 31.2 Å². The molecule has 19 heavy (non-hydrogen) atoms. The molecule has 3 rings (SSSR count). The number of aromatic nitrogens is 4. The van der Waals surface area contributed by atoms with Gasteiger partial charge in [-0.05, 0) is 18.8 Å². The van der Waals surface area contributed by atoms with Crippen LogP contribution in [0.4, 0.5) is 11.8 Å². The molecule has 2 aromatic rings. The molecule has 0 radical (unpaired) electrons. The van der Waals surface area contributed by atoms with Crippen molar-refractivity contribution in [2.24, 2.45) is 5.92 Å². The third kappa shape index (κ3) is 2.01. The zero-order chi connectivity index (χ0) is 13.4. The SMILES string of the molecule is Nc1nc(N)c2ncn([C@@H]3C=CC[C@@H](CO)C3)c2n1. The summed E-state index contributed by atoms with van der Waals surface area (Å²) in [6, 6.07) is 0.115. The fourth-order valence-electron chi connectivity index (χ4n) is 2.50. The van der Waals surface area contributed by atoms with Gasteiger partial charge in [0, 0.05) is 6.61 Å². The van der Waals surface area contributed by atoms with E-state index in [0.717, 1.165) is 12.8 Å². The van der Waals surface area contributed by atoms with Gasteiger partial charge < -0.3 is 21.1 Å². The lowest BCUT2D eigenvalue weighted by molar-refractivity contribution is 0.204.